The van der Waals surface area contributed by atoms with E-state index in [4.69, 9.17) is 0 Å². The fourth-order valence-electron chi connectivity index (χ4n) is 2.15. The molecule has 1 aliphatic rings. The fourth-order valence-corrected chi connectivity index (χ4v) is 2.99. The van der Waals surface area contributed by atoms with Gasteiger partial charge in [0, 0.05) is 10.1 Å². The Balaban J connectivity index is 2.18. The van der Waals surface area contributed by atoms with E-state index < -0.39 is 0 Å². The normalized spacial score (nSPS) is 27.8. The first kappa shape index (κ1) is 11.5. The molecule has 2 heteroatoms. The molecule has 0 bridgehead atoms. The highest BCUT2D eigenvalue weighted by molar-refractivity contribution is 7.99. The lowest BCUT2D eigenvalue weighted by Gasteiger charge is -2.09. The first-order valence-electron chi connectivity index (χ1n) is 5.77. The molecule has 1 fully saturated rings. The van der Waals surface area contributed by atoms with Crippen molar-refractivity contribution in [2.24, 2.45) is 5.92 Å². The van der Waals surface area contributed by atoms with Crippen molar-refractivity contribution in [2.45, 2.75) is 42.8 Å². The summed E-state index contributed by atoms with van der Waals surface area (Å²) in [7, 11) is 0. The van der Waals surface area contributed by atoms with Crippen molar-refractivity contribution in [2.75, 3.05) is 0 Å². The average molecular weight is 231 g/mol. The summed E-state index contributed by atoms with van der Waals surface area (Å²) in [6.07, 6.45) is 1.01. The monoisotopic (exact) mass is 231 g/mol. The second-order valence-electron chi connectivity index (χ2n) is 4.88. The van der Waals surface area contributed by atoms with Gasteiger partial charge in [-0.05, 0) is 30.0 Å². The quantitative estimate of drug-likeness (QED) is 0.734. The predicted octanol–water partition coefficient (Wildman–Crippen LogP) is 3.99. The highest BCUT2D eigenvalue weighted by Crippen LogP contribution is 2.53. The van der Waals surface area contributed by atoms with Gasteiger partial charge in [-0.1, -0.05) is 32.9 Å². The van der Waals surface area contributed by atoms with Gasteiger partial charge in [0.25, 0.3) is 0 Å². The van der Waals surface area contributed by atoms with Gasteiger partial charge in [-0.15, -0.1) is 11.8 Å². The van der Waals surface area contributed by atoms with Gasteiger partial charge in [-0.3, -0.25) is 0 Å². The minimum Gasteiger partial charge on any atom is -0.197 e. The zero-order chi connectivity index (χ0) is 11.8. The van der Waals surface area contributed by atoms with E-state index >= 15 is 0 Å². The molecule has 1 aromatic carbocycles. The van der Waals surface area contributed by atoms with Crippen LogP contribution in [0.3, 0.4) is 0 Å². The number of hydrogen-bond donors (Lipinski definition) is 0. The molecule has 1 nitrogen and oxygen atoms in total. The molecule has 16 heavy (non-hydrogen) atoms. The molecule has 0 amide bonds. The van der Waals surface area contributed by atoms with Crippen LogP contribution in [0, 0.1) is 17.2 Å². The molecule has 1 aromatic rings. The Hall–Kier alpha value is -0.940. The number of nitrogens with zero attached hydrogens (tertiary/aromatic N) is 1. The lowest BCUT2D eigenvalue weighted by molar-refractivity contribution is 0.791. The van der Waals surface area contributed by atoms with Crippen LogP contribution < -0.4 is 0 Å². The molecule has 0 aromatic heterocycles. The number of rotatable bonds is 3. The zero-order valence-corrected chi connectivity index (χ0v) is 10.8. The Labute approximate surface area is 102 Å². The summed E-state index contributed by atoms with van der Waals surface area (Å²) in [4.78, 5) is 1.29. The Kier molecular flexibility index (Phi) is 2.99. The summed E-state index contributed by atoms with van der Waals surface area (Å²) in [5.41, 5.74) is 1.01. The SMILES string of the molecule is CC(C)Sc1ccc(C2(C#N)CC2C)cc1. The third kappa shape index (κ3) is 1.97. The van der Waals surface area contributed by atoms with Gasteiger partial charge in [-0.25, -0.2) is 0 Å². The summed E-state index contributed by atoms with van der Waals surface area (Å²) >= 11 is 1.86. The zero-order valence-electron chi connectivity index (χ0n) is 10.0. The predicted molar refractivity (Wildman–Crippen MR) is 68.5 cm³/mol. The molecule has 0 saturated heterocycles. The first-order valence-corrected chi connectivity index (χ1v) is 6.65. The van der Waals surface area contributed by atoms with Crippen molar-refractivity contribution in [3.63, 3.8) is 0 Å². The van der Waals surface area contributed by atoms with Crippen LogP contribution in [0.2, 0.25) is 0 Å². The van der Waals surface area contributed by atoms with Crippen molar-refractivity contribution in [3.8, 4) is 6.07 Å². The van der Waals surface area contributed by atoms with E-state index in [1.807, 2.05) is 11.8 Å². The lowest BCUT2D eigenvalue weighted by Crippen LogP contribution is -2.05. The third-order valence-electron chi connectivity index (χ3n) is 3.25. The average Bonchev–Trinajstić information content (AvgIpc) is 2.91. The van der Waals surface area contributed by atoms with Crippen molar-refractivity contribution < 1.29 is 0 Å². The van der Waals surface area contributed by atoms with Crippen LogP contribution in [-0.4, -0.2) is 5.25 Å². The molecule has 84 valence electrons. The molecule has 2 atom stereocenters. The Morgan fingerprint density at radius 1 is 1.38 bits per heavy atom. The van der Waals surface area contributed by atoms with Crippen LogP contribution in [0.15, 0.2) is 29.2 Å². The van der Waals surface area contributed by atoms with E-state index in [0.717, 1.165) is 6.42 Å². The van der Waals surface area contributed by atoms with E-state index in [1.165, 1.54) is 10.5 Å². The van der Waals surface area contributed by atoms with Gasteiger partial charge in [0.1, 0.15) is 0 Å². The standard InChI is InChI=1S/C14H17NS/c1-10(2)16-13-6-4-12(5-7-13)14(9-15)8-11(14)3/h4-7,10-11H,8H2,1-3H3. The smallest absolute Gasteiger partial charge is 0.0851 e. The summed E-state index contributed by atoms with van der Waals surface area (Å²) < 4.78 is 0. The Morgan fingerprint density at radius 3 is 2.31 bits per heavy atom. The molecule has 0 spiro atoms. The lowest BCUT2D eigenvalue weighted by atomic mass is 9.95. The third-order valence-corrected chi connectivity index (χ3v) is 4.27. The molecule has 1 aliphatic carbocycles. The van der Waals surface area contributed by atoms with E-state index in [1.54, 1.807) is 0 Å². The van der Waals surface area contributed by atoms with Crippen molar-refractivity contribution >= 4 is 11.8 Å². The number of benzene rings is 1. The van der Waals surface area contributed by atoms with Crippen LogP contribution in [-0.2, 0) is 5.41 Å². The van der Waals surface area contributed by atoms with E-state index in [-0.39, 0.29) is 5.41 Å². The maximum atomic E-state index is 9.24. The second kappa shape index (κ2) is 4.14. The van der Waals surface area contributed by atoms with Crippen LogP contribution in [0.4, 0.5) is 0 Å². The van der Waals surface area contributed by atoms with Crippen molar-refractivity contribution in [1.82, 2.24) is 0 Å². The second-order valence-corrected chi connectivity index (χ2v) is 6.53. The number of nitriles is 1. The summed E-state index contributed by atoms with van der Waals surface area (Å²) in [6.45, 7) is 6.54. The maximum absolute atomic E-state index is 9.24. The van der Waals surface area contributed by atoms with Gasteiger partial charge < -0.3 is 0 Å². The number of hydrogen-bond acceptors (Lipinski definition) is 2. The van der Waals surface area contributed by atoms with Gasteiger partial charge in [-0.2, -0.15) is 5.26 Å². The first-order chi connectivity index (χ1) is 7.58. The van der Waals surface area contributed by atoms with E-state index in [2.05, 4.69) is 51.1 Å². The molecule has 2 rings (SSSR count). The van der Waals surface area contributed by atoms with Gasteiger partial charge >= 0.3 is 0 Å². The van der Waals surface area contributed by atoms with Crippen molar-refractivity contribution in [3.05, 3.63) is 29.8 Å². The molecule has 1 saturated carbocycles. The van der Waals surface area contributed by atoms with Crippen LogP contribution in [0.25, 0.3) is 0 Å². The Bertz CT molecular complexity index is 415. The number of thioether (sulfide) groups is 1. The topological polar surface area (TPSA) is 23.8 Å². The Morgan fingerprint density at radius 2 is 1.94 bits per heavy atom. The van der Waals surface area contributed by atoms with Crippen molar-refractivity contribution in [1.29, 1.82) is 5.26 Å². The molecule has 0 radical (unpaired) electrons. The molecule has 0 N–H and O–H groups in total. The molecule has 0 heterocycles. The fraction of sp³-hybridized carbons (Fsp3) is 0.500. The van der Waals surface area contributed by atoms with Crippen LogP contribution >= 0.6 is 11.8 Å². The minimum atomic E-state index is -0.180. The highest BCUT2D eigenvalue weighted by atomic mass is 32.2. The van der Waals surface area contributed by atoms with Crippen LogP contribution in [0.1, 0.15) is 32.8 Å². The van der Waals surface area contributed by atoms with Crippen LogP contribution in [0.5, 0.6) is 0 Å². The summed E-state index contributed by atoms with van der Waals surface area (Å²) in [5, 5.41) is 9.85. The molecule has 0 aliphatic heterocycles. The maximum Gasteiger partial charge on any atom is 0.0851 e. The molecule has 2 unspecified atom stereocenters. The highest BCUT2D eigenvalue weighted by Gasteiger charge is 2.53. The molecular formula is C14H17NS. The van der Waals surface area contributed by atoms with E-state index in [9.17, 15) is 5.26 Å². The minimum absolute atomic E-state index is 0.180. The van der Waals surface area contributed by atoms with Gasteiger partial charge in [0.05, 0.1) is 11.5 Å². The summed E-state index contributed by atoms with van der Waals surface area (Å²) in [6, 6.07) is 11.0. The van der Waals surface area contributed by atoms with Gasteiger partial charge in [0.15, 0.2) is 0 Å². The van der Waals surface area contributed by atoms with Gasteiger partial charge in [0.2, 0.25) is 0 Å². The summed E-state index contributed by atoms with van der Waals surface area (Å²) in [5.74, 6) is 0.515. The van der Waals surface area contributed by atoms with E-state index in [0.29, 0.717) is 11.2 Å². The molecular weight excluding hydrogens is 214 g/mol. The largest absolute Gasteiger partial charge is 0.197 e.